The maximum atomic E-state index is 13.7. The van der Waals surface area contributed by atoms with Crippen LogP contribution in [0.5, 0.6) is 5.75 Å². The molecule has 2 atom stereocenters. The number of aromatic nitrogens is 2. The number of ether oxygens (including phenoxy) is 1. The minimum Gasteiger partial charge on any atom is -0.485 e. The number of carbonyl (C=O) groups is 1. The van der Waals surface area contributed by atoms with Gasteiger partial charge in [-0.25, -0.2) is 13.4 Å². The maximum absolute atomic E-state index is 13.7. The number of hydrogen-bond acceptors (Lipinski definition) is 9. The molecule has 10 nitrogen and oxygen atoms in total. The molecule has 0 spiro atoms. The van der Waals surface area contributed by atoms with E-state index in [-0.39, 0.29) is 28.2 Å². The van der Waals surface area contributed by atoms with Crippen molar-refractivity contribution in [3.63, 3.8) is 0 Å². The summed E-state index contributed by atoms with van der Waals surface area (Å²) in [6.07, 6.45) is 5.51. The molecule has 1 aromatic carbocycles. The third kappa shape index (κ3) is 6.92. The van der Waals surface area contributed by atoms with Crippen LogP contribution < -0.4 is 20.7 Å². The van der Waals surface area contributed by atoms with Gasteiger partial charge in [0.2, 0.25) is 15.7 Å². The van der Waals surface area contributed by atoms with E-state index in [1.807, 2.05) is 26.0 Å². The Morgan fingerprint density at radius 2 is 1.87 bits per heavy atom. The van der Waals surface area contributed by atoms with Crippen molar-refractivity contribution < 1.29 is 17.9 Å². The Labute approximate surface area is 230 Å². The first-order chi connectivity index (χ1) is 18.7. The first-order valence-corrected chi connectivity index (χ1v) is 14.5. The second-order valence-corrected chi connectivity index (χ2v) is 11.8. The molecule has 1 aliphatic heterocycles. The van der Waals surface area contributed by atoms with Crippen LogP contribution in [0.1, 0.15) is 25.8 Å². The highest BCUT2D eigenvalue weighted by Gasteiger charge is 2.25. The number of rotatable bonds is 10. The number of piperazine rings is 1. The number of nitrogens with two attached hydrogens (primary N) is 1. The van der Waals surface area contributed by atoms with E-state index >= 15 is 0 Å². The number of nitrogens with zero attached hydrogens (tertiary/aromatic N) is 4. The normalized spacial score (nSPS) is 15.9. The lowest BCUT2D eigenvalue weighted by Gasteiger charge is -2.34. The molecule has 2 aromatic heterocycles. The van der Waals surface area contributed by atoms with Crippen LogP contribution in [0.25, 0.3) is 0 Å². The van der Waals surface area contributed by atoms with Crippen molar-refractivity contribution >= 4 is 27.2 Å². The van der Waals surface area contributed by atoms with Crippen molar-refractivity contribution in [3.05, 3.63) is 66.6 Å². The SMILES string of the molecule is CCC(C)C(N)C(=O)Nc1cccc(S(=O)(=O)c2cnc(N3CCN(C)CC3)c(OCc3cccnc3)c2)c1. The van der Waals surface area contributed by atoms with Crippen molar-refractivity contribution in [1.82, 2.24) is 14.9 Å². The summed E-state index contributed by atoms with van der Waals surface area (Å²) in [7, 11) is -1.90. The van der Waals surface area contributed by atoms with Gasteiger partial charge >= 0.3 is 0 Å². The highest BCUT2D eigenvalue weighted by atomic mass is 32.2. The van der Waals surface area contributed by atoms with E-state index in [2.05, 4.69) is 32.1 Å². The Balaban J connectivity index is 1.62. The highest BCUT2D eigenvalue weighted by molar-refractivity contribution is 7.91. The fourth-order valence-corrected chi connectivity index (χ4v) is 5.45. The van der Waals surface area contributed by atoms with Crippen molar-refractivity contribution in [2.45, 2.75) is 42.7 Å². The van der Waals surface area contributed by atoms with E-state index in [0.29, 0.717) is 17.3 Å². The fraction of sp³-hybridized carbons (Fsp3) is 0.393. The molecule has 208 valence electrons. The maximum Gasteiger partial charge on any atom is 0.241 e. The lowest BCUT2D eigenvalue weighted by atomic mass is 9.99. The molecule has 1 fully saturated rings. The predicted octanol–water partition coefficient (Wildman–Crippen LogP) is 2.95. The second-order valence-electron chi connectivity index (χ2n) is 9.86. The Kier molecular flexibility index (Phi) is 9.16. The summed E-state index contributed by atoms with van der Waals surface area (Å²) in [5.41, 5.74) is 7.25. The Hall–Kier alpha value is -3.54. The van der Waals surface area contributed by atoms with Crippen molar-refractivity contribution in [2.24, 2.45) is 11.7 Å². The number of sulfone groups is 1. The summed E-state index contributed by atoms with van der Waals surface area (Å²) in [5.74, 6) is 0.620. The van der Waals surface area contributed by atoms with Gasteiger partial charge in [-0.2, -0.15) is 0 Å². The minimum absolute atomic E-state index is 0.00125. The van der Waals surface area contributed by atoms with Gasteiger partial charge in [0.1, 0.15) is 6.61 Å². The number of amides is 1. The molecule has 1 saturated heterocycles. The summed E-state index contributed by atoms with van der Waals surface area (Å²) in [6, 6.07) is 10.7. The zero-order valence-electron chi connectivity index (χ0n) is 22.6. The Bertz CT molecular complexity index is 1380. The number of pyridine rings is 2. The summed E-state index contributed by atoms with van der Waals surface area (Å²) < 4.78 is 33.4. The molecule has 39 heavy (non-hydrogen) atoms. The van der Waals surface area contributed by atoms with Gasteiger partial charge in [-0.05, 0) is 37.2 Å². The number of hydrogen-bond donors (Lipinski definition) is 2. The number of nitrogens with one attached hydrogen (secondary N) is 1. The van der Waals surface area contributed by atoms with Crippen molar-refractivity contribution in [1.29, 1.82) is 0 Å². The molecule has 11 heteroatoms. The number of carbonyl (C=O) groups excluding carboxylic acids is 1. The van der Waals surface area contributed by atoms with E-state index in [4.69, 9.17) is 10.5 Å². The van der Waals surface area contributed by atoms with Crippen molar-refractivity contribution in [3.8, 4) is 5.75 Å². The zero-order chi connectivity index (χ0) is 28.0. The van der Waals surface area contributed by atoms with Crippen LogP contribution in [0, 0.1) is 5.92 Å². The van der Waals surface area contributed by atoms with Crippen LogP contribution in [0.4, 0.5) is 11.5 Å². The average molecular weight is 553 g/mol. The number of benzene rings is 1. The Morgan fingerprint density at radius 3 is 2.56 bits per heavy atom. The quantitative estimate of drug-likeness (QED) is 0.390. The fourth-order valence-electron chi connectivity index (χ4n) is 4.19. The van der Waals surface area contributed by atoms with Crippen LogP contribution in [0.15, 0.2) is 70.8 Å². The third-order valence-corrected chi connectivity index (χ3v) is 8.73. The Morgan fingerprint density at radius 1 is 1.10 bits per heavy atom. The third-order valence-electron chi connectivity index (χ3n) is 7.01. The minimum atomic E-state index is -3.96. The lowest BCUT2D eigenvalue weighted by molar-refractivity contribution is -0.118. The number of anilines is 2. The molecule has 0 radical (unpaired) electrons. The molecule has 0 aliphatic carbocycles. The van der Waals surface area contributed by atoms with E-state index in [0.717, 1.165) is 38.2 Å². The molecule has 1 aliphatic rings. The summed E-state index contributed by atoms with van der Waals surface area (Å²) >= 11 is 0. The molecule has 3 aromatic rings. The van der Waals surface area contributed by atoms with E-state index in [1.54, 1.807) is 24.5 Å². The zero-order valence-corrected chi connectivity index (χ0v) is 23.4. The molecule has 3 heterocycles. The van der Waals surface area contributed by atoms with Crippen LogP contribution in [-0.2, 0) is 21.2 Å². The van der Waals surface area contributed by atoms with Gasteiger partial charge in [0.25, 0.3) is 0 Å². The standard InChI is InChI=1S/C28H36N6O4S/c1-4-20(2)26(29)28(35)32-22-8-5-9-23(15-22)39(36,37)24-16-25(38-19-21-7-6-10-30-17-21)27(31-18-24)34-13-11-33(3)12-14-34/h5-10,15-18,20,26H,4,11-14,19,29H2,1-3H3,(H,32,35). The van der Waals surface area contributed by atoms with Crippen LogP contribution in [-0.4, -0.2) is 68.5 Å². The summed E-state index contributed by atoms with van der Waals surface area (Å²) in [4.78, 5) is 25.6. The van der Waals surface area contributed by atoms with Gasteiger partial charge in [0.05, 0.1) is 15.8 Å². The van der Waals surface area contributed by atoms with Crippen LogP contribution >= 0.6 is 0 Å². The van der Waals surface area contributed by atoms with Crippen LogP contribution in [0.2, 0.25) is 0 Å². The smallest absolute Gasteiger partial charge is 0.241 e. The second kappa shape index (κ2) is 12.5. The molecule has 0 bridgehead atoms. The molecule has 2 unspecified atom stereocenters. The monoisotopic (exact) mass is 552 g/mol. The highest BCUT2D eigenvalue weighted by Crippen LogP contribution is 2.32. The van der Waals surface area contributed by atoms with Crippen LogP contribution in [0.3, 0.4) is 0 Å². The first kappa shape index (κ1) is 28.5. The topological polar surface area (TPSA) is 131 Å². The lowest BCUT2D eigenvalue weighted by Crippen LogP contribution is -2.45. The largest absolute Gasteiger partial charge is 0.485 e. The van der Waals surface area contributed by atoms with Gasteiger partial charge in [-0.15, -0.1) is 0 Å². The van der Waals surface area contributed by atoms with E-state index in [1.165, 1.54) is 24.4 Å². The molecule has 1 amide bonds. The van der Waals surface area contributed by atoms with Gasteiger partial charge in [-0.1, -0.05) is 32.4 Å². The number of likely N-dealkylation sites (N-methyl/N-ethyl adjacent to an activating group) is 1. The summed E-state index contributed by atoms with van der Waals surface area (Å²) in [5, 5.41) is 2.74. The van der Waals surface area contributed by atoms with Gasteiger partial charge < -0.3 is 25.6 Å². The summed E-state index contributed by atoms with van der Waals surface area (Å²) in [6.45, 7) is 7.31. The molecule has 0 saturated carbocycles. The van der Waals surface area contributed by atoms with Gasteiger partial charge in [0.15, 0.2) is 11.6 Å². The predicted molar refractivity (Wildman–Crippen MR) is 150 cm³/mol. The average Bonchev–Trinajstić information content (AvgIpc) is 2.96. The van der Waals surface area contributed by atoms with E-state index < -0.39 is 15.9 Å². The first-order valence-electron chi connectivity index (χ1n) is 13.1. The van der Waals surface area contributed by atoms with E-state index in [9.17, 15) is 13.2 Å². The molecule has 3 N–H and O–H groups in total. The van der Waals surface area contributed by atoms with Crippen molar-refractivity contribution in [2.75, 3.05) is 43.4 Å². The molecular weight excluding hydrogens is 516 g/mol. The molecule has 4 rings (SSSR count). The molecular formula is C28H36N6O4S. The van der Waals surface area contributed by atoms with Gasteiger partial charge in [-0.3, -0.25) is 9.78 Å². The van der Waals surface area contributed by atoms with Gasteiger partial charge in [0, 0.05) is 62.1 Å².